The molecule has 0 aliphatic heterocycles. The van der Waals surface area contributed by atoms with E-state index in [-0.39, 0.29) is 6.42 Å². The molecule has 0 aromatic carbocycles. The lowest BCUT2D eigenvalue weighted by atomic mass is 9.88. The molecule has 0 rings (SSSR count). The van der Waals surface area contributed by atoms with Crippen LogP contribution in [-0.4, -0.2) is 23.0 Å². The molecule has 0 heterocycles. The van der Waals surface area contributed by atoms with Crippen molar-refractivity contribution >= 4 is 11.8 Å². The molecule has 0 saturated heterocycles. The van der Waals surface area contributed by atoms with Crippen LogP contribution in [0.1, 0.15) is 20.3 Å². The van der Waals surface area contributed by atoms with Gasteiger partial charge in [0.1, 0.15) is 5.92 Å². The van der Waals surface area contributed by atoms with Gasteiger partial charge in [0.2, 0.25) is 0 Å². The van der Waals surface area contributed by atoms with Crippen LogP contribution in [0.4, 0.5) is 13.2 Å². The van der Waals surface area contributed by atoms with Crippen molar-refractivity contribution in [1.29, 1.82) is 0 Å². The summed E-state index contributed by atoms with van der Waals surface area (Å²) in [6.07, 6.45) is -4.87. The number of ketones is 1. The molecule has 1 N–H and O–H groups in total. The van der Waals surface area contributed by atoms with E-state index in [1.807, 2.05) is 0 Å². The summed E-state index contributed by atoms with van der Waals surface area (Å²) in [7, 11) is 0. The lowest BCUT2D eigenvalue weighted by molar-refractivity contribution is -0.181. The smallest absolute Gasteiger partial charge is 0.450 e. The largest absolute Gasteiger partial charge is 0.481 e. The molecule has 6 heteroatoms. The second-order valence-corrected chi connectivity index (χ2v) is 3.06. The Morgan fingerprint density at radius 3 is 2.00 bits per heavy atom. The zero-order valence-electron chi connectivity index (χ0n) is 7.76. The first kappa shape index (κ1) is 12.9. The number of rotatable bonds is 4. The number of hydrogen-bond acceptors (Lipinski definition) is 2. The molecule has 0 spiro atoms. The van der Waals surface area contributed by atoms with Gasteiger partial charge in [0.15, 0.2) is 0 Å². The second-order valence-electron chi connectivity index (χ2n) is 3.06. The summed E-state index contributed by atoms with van der Waals surface area (Å²) in [6, 6.07) is 0. The number of hydrogen-bond donors (Lipinski definition) is 1. The molecular formula is C8H11F3O3. The number of carboxylic acids is 1. The molecule has 0 aliphatic carbocycles. The molecule has 0 saturated carbocycles. The Bertz CT molecular complexity index is 234. The van der Waals surface area contributed by atoms with Crippen LogP contribution in [0.15, 0.2) is 0 Å². The standard InChI is InChI=1S/C8H11F3O3/c1-3-4(2)5(7(13)14)6(12)8(9,10)11/h4-5H,3H2,1-2H3,(H,13,14). The van der Waals surface area contributed by atoms with Crippen molar-refractivity contribution in [3.05, 3.63) is 0 Å². The molecule has 2 atom stereocenters. The number of carbonyl (C=O) groups excluding carboxylic acids is 1. The van der Waals surface area contributed by atoms with Crippen molar-refractivity contribution in [3.8, 4) is 0 Å². The predicted octanol–water partition coefficient (Wildman–Crippen LogP) is 1.86. The number of halogens is 3. The number of alkyl halides is 3. The summed E-state index contributed by atoms with van der Waals surface area (Å²) < 4.78 is 35.8. The summed E-state index contributed by atoms with van der Waals surface area (Å²) in [4.78, 5) is 21.2. The summed E-state index contributed by atoms with van der Waals surface area (Å²) in [5.41, 5.74) is 0. The summed E-state index contributed by atoms with van der Waals surface area (Å²) in [5, 5.41) is 8.49. The molecule has 0 aromatic rings. The normalized spacial score (nSPS) is 16.1. The van der Waals surface area contributed by atoms with Gasteiger partial charge in [-0.2, -0.15) is 13.2 Å². The van der Waals surface area contributed by atoms with Gasteiger partial charge in [-0.1, -0.05) is 20.3 Å². The van der Waals surface area contributed by atoms with Crippen molar-refractivity contribution in [2.24, 2.45) is 11.8 Å². The highest BCUT2D eigenvalue weighted by Crippen LogP contribution is 2.27. The molecular weight excluding hydrogens is 201 g/mol. The SMILES string of the molecule is CCC(C)C(C(=O)O)C(=O)C(F)(F)F. The summed E-state index contributed by atoms with van der Waals surface area (Å²) in [6.45, 7) is 2.84. The molecule has 2 unspecified atom stereocenters. The monoisotopic (exact) mass is 212 g/mol. The van der Waals surface area contributed by atoms with Crippen molar-refractivity contribution < 1.29 is 27.9 Å². The van der Waals surface area contributed by atoms with E-state index < -0.39 is 29.8 Å². The molecule has 0 amide bonds. The van der Waals surface area contributed by atoms with E-state index in [1.165, 1.54) is 13.8 Å². The van der Waals surface area contributed by atoms with E-state index in [0.29, 0.717) is 0 Å². The number of aliphatic carboxylic acids is 1. The fourth-order valence-corrected chi connectivity index (χ4v) is 1.03. The minimum atomic E-state index is -5.08. The molecule has 0 fully saturated rings. The average molecular weight is 212 g/mol. The third kappa shape index (κ3) is 3.01. The second kappa shape index (κ2) is 4.43. The van der Waals surface area contributed by atoms with Gasteiger partial charge in [-0.3, -0.25) is 9.59 Å². The predicted molar refractivity (Wildman–Crippen MR) is 41.6 cm³/mol. The molecule has 82 valence electrons. The van der Waals surface area contributed by atoms with Crippen LogP contribution < -0.4 is 0 Å². The van der Waals surface area contributed by atoms with Gasteiger partial charge in [0, 0.05) is 0 Å². The lowest BCUT2D eigenvalue weighted by Gasteiger charge is -2.18. The molecule has 0 aliphatic rings. The molecule has 3 nitrogen and oxygen atoms in total. The van der Waals surface area contributed by atoms with Crippen LogP contribution >= 0.6 is 0 Å². The van der Waals surface area contributed by atoms with E-state index in [9.17, 15) is 22.8 Å². The van der Waals surface area contributed by atoms with E-state index >= 15 is 0 Å². The van der Waals surface area contributed by atoms with E-state index in [2.05, 4.69) is 0 Å². The van der Waals surface area contributed by atoms with Gasteiger partial charge in [0.05, 0.1) is 0 Å². The Balaban J connectivity index is 4.85. The zero-order chi connectivity index (χ0) is 11.5. The Labute approximate surface area is 78.9 Å². The topological polar surface area (TPSA) is 54.4 Å². The Kier molecular flexibility index (Phi) is 4.09. The Hall–Kier alpha value is -1.07. The van der Waals surface area contributed by atoms with Crippen LogP contribution in [0.25, 0.3) is 0 Å². The number of carboxylic acid groups (broad SMARTS) is 1. The number of Topliss-reactive ketones (excluding diaryl/α,β-unsaturated/α-hetero) is 1. The summed E-state index contributed by atoms with van der Waals surface area (Å²) in [5.74, 6) is -6.71. The van der Waals surface area contributed by atoms with Gasteiger partial charge in [-0.05, 0) is 5.92 Å². The molecule has 0 radical (unpaired) electrons. The van der Waals surface area contributed by atoms with Crippen molar-refractivity contribution in [2.45, 2.75) is 26.4 Å². The first-order valence-electron chi connectivity index (χ1n) is 4.05. The highest BCUT2D eigenvalue weighted by atomic mass is 19.4. The van der Waals surface area contributed by atoms with Gasteiger partial charge in [-0.25, -0.2) is 0 Å². The zero-order valence-corrected chi connectivity index (χ0v) is 7.76. The van der Waals surface area contributed by atoms with Crippen LogP contribution in [-0.2, 0) is 9.59 Å². The lowest BCUT2D eigenvalue weighted by Crippen LogP contribution is -2.38. The highest BCUT2D eigenvalue weighted by molar-refractivity contribution is 6.01. The fourth-order valence-electron chi connectivity index (χ4n) is 1.03. The van der Waals surface area contributed by atoms with E-state index in [1.54, 1.807) is 0 Å². The van der Waals surface area contributed by atoms with Crippen LogP contribution in [0.3, 0.4) is 0 Å². The van der Waals surface area contributed by atoms with E-state index in [0.717, 1.165) is 0 Å². The van der Waals surface area contributed by atoms with Crippen molar-refractivity contribution in [3.63, 3.8) is 0 Å². The maximum absolute atomic E-state index is 11.9. The minimum Gasteiger partial charge on any atom is -0.481 e. The van der Waals surface area contributed by atoms with E-state index in [4.69, 9.17) is 5.11 Å². The van der Waals surface area contributed by atoms with Gasteiger partial charge < -0.3 is 5.11 Å². The van der Waals surface area contributed by atoms with Crippen LogP contribution in [0, 0.1) is 11.8 Å². The maximum atomic E-state index is 11.9. The number of carbonyl (C=O) groups is 2. The van der Waals surface area contributed by atoms with Gasteiger partial charge in [-0.15, -0.1) is 0 Å². The van der Waals surface area contributed by atoms with Gasteiger partial charge in [0.25, 0.3) is 5.78 Å². The highest BCUT2D eigenvalue weighted by Gasteiger charge is 2.47. The molecule has 14 heavy (non-hydrogen) atoms. The minimum absolute atomic E-state index is 0.207. The quantitative estimate of drug-likeness (QED) is 0.723. The average Bonchev–Trinajstić information content (AvgIpc) is 2.01. The first-order valence-corrected chi connectivity index (χ1v) is 4.05. The first-order chi connectivity index (χ1) is 6.21. The fraction of sp³-hybridized carbons (Fsp3) is 0.750. The third-order valence-electron chi connectivity index (χ3n) is 2.04. The molecule has 0 aromatic heterocycles. The summed E-state index contributed by atoms with van der Waals surface area (Å²) >= 11 is 0. The van der Waals surface area contributed by atoms with Crippen LogP contribution in [0.5, 0.6) is 0 Å². The van der Waals surface area contributed by atoms with Crippen LogP contribution in [0.2, 0.25) is 0 Å². The van der Waals surface area contributed by atoms with Gasteiger partial charge >= 0.3 is 12.1 Å². The molecule has 0 bridgehead atoms. The Morgan fingerprint density at radius 1 is 1.36 bits per heavy atom. The van der Waals surface area contributed by atoms with Crippen molar-refractivity contribution in [2.75, 3.05) is 0 Å². The third-order valence-corrected chi connectivity index (χ3v) is 2.04. The Morgan fingerprint density at radius 2 is 1.79 bits per heavy atom. The van der Waals surface area contributed by atoms with Crippen molar-refractivity contribution in [1.82, 2.24) is 0 Å². The maximum Gasteiger partial charge on any atom is 0.450 e.